The molecule has 0 saturated carbocycles. The predicted molar refractivity (Wildman–Crippen MR) is 156 cm³/mol. The fourth-order valence-electron chi connectivity index (χ4n) is 5.48. The summed E-state index contributed by atoms with van der Waals surface area (Å²) < 4.78 is 14.6. The monoisotopic (exact) mass is 567 g/mol. The quantitative estimate of drug-likeness (QED) is 0.294. The summed E-state index contributed by atoms with van der Waals surface area (Å²) in [5, 5.41) is 9.52. The van der Waals surface area contributed by atoms with Crippen molar-refractivity contribution in [3.05, 3.63) is 66.3 Å². The van der Waals surface area contributed by atoms with Crippen molar-refractivity contribution >= 4 is 55.8 Å². The zero-order valence-electron chi connectivity index (χ0n) is 21.9. The van der Waals surface area contributed by atoms with E-state index in [9.17, 15) is 9.59 Å². The summed E-state index contributed by atoms with van der Waals surface area (Å²) >= 11 is 1.43. The Morgan fingerprint density at radius 3 is 2.85 bits per heavy atom. The molecule has 206 valence electrons. The first-order valence-electron chi connectivity index (χ1n) is 13.1. The van der Waals surface area contributed by atoms with E-state index in [-0.39, 0.29) is 30.5 Å². The molecule has 5 heterocycles. The van der Waals surface area contributed by atoms with E-state index in [0.717, 1.165) is 22.9 Å². The maximum Gasteiger partial charge on any atom is 0.265 e. The predicted octanol–water partition coefficient (Wildman–Crippen LogP) is 4.62. The normalized spacial score (nSPS) is 16.3. The molecule has 0 radical (unpaired) electrons. The fraction of sp³-hybridized carbons (Fsp3) is 0.207. The van der Waals surface area contributed by atoms with E-state index < -0.39 is 0 Å². The zero-order valence-corrected chi connectivity index (χ0v) is 22.7. The van der Waals surface area contributed by atoms with Crippen LogP contribution in [0.15, 0.2) is 61.4 Å². The molecule has 41 heavy (non-hydrogen) atoms. The van der Waals surface area contributed by atoms with Crippen LogP contribution in [0.25, 0.3) is 32.4 Å². The molecule has 2 aliphatic heterocycles. The van der Waals surface area contributed by atoms with Crippen molar-refractivity contribution in [3.63, 3.8) is 0 Å². The molecule has 7 rings (SSSR count). The highest BCUT2D eigenvalue weighted by Gasteiger charge is 2.31. The van der Waals surface area contributed by atoms with Gasteiger partial charge in [-0.25, -0.2) is 14.6 Å². The first-order valence-corrected chi connectivity index (χ1v) is 14.0. The van der Waals surface area contributed by atoms with Crippen LogP contribution in [0.3, 0.4) is 0 Å². The lowest BCUT2D eigenvalue weighted by Gasteiger charge is -2.32. The summed E-state index contributed by atoms with van der Waals surface area (Å²) in [5.74, 6) is 0.787. The number of aromatic nitrogens is 4. The largest absolute Gasteiger partial charge is 0.453 e. The summed E-state index contributed by atoms with van der Waals surface area (Å²) in [6.45, 7) is 4.75. The number of carbonyl (C=O) groups is 2. The Bertz CT molecular complexity index is 1830. The van der Waals surface area contributed by atoms with Crippen LogP contribution in [0.5, 0.6) is 11.5 Å². The second kappa shape index (κ2) is 9.89. The molecule has 3 N–H and O–H groups in total. The first kappa shape index (κ1) is 25.0. The van der Waals surface area contributed by atoms with E-state index in [2.05, 4.69) is 21.9 Å². The third kappa shape index (κ3) is 4.23. The molecule has 2 amide bonds. The van der Waals surface area contributed by atoms with Crippen LogP contribution in [0.2, 0.25) is 0 Å². The number of rotatable bonds is 5. The van der Waals surface area contributed by atoms with Crippen LogP contribution in [-0.4, -0.2) is 56.3 Å². The van der Waals surface area contributed by atoms with Gasteiger partial charge in [0.25, 0.3) is 5.91 Å². The van der Waals surface area contributed by atoms with E-state index in [0.29, 0.717) is 57.4 Å². The van der Waals surface area contributed by atoms with Crippen LogP contribution < -0.4 is 20.5 Å². The minimum absolute atomic E-state index is 0.00994. The van der Waals surface area contributed by atoms with Crippen molar-refractivity contribution in [1.82, 2.24) is 24.6 Å². The number of carbonyl (C=O) groups excluding carboxylic acids is 2. The number of anilines is 2. The van der Waals surface area contributed by atoms with Crippen molar-refractivity contribution in [2.75, 3.05) is 30.9 Å². The zero-order chi connectivity index (χ0) is 28.1. The number of piperidine rings is 1. The highest BCUT2D eigenvalue weighted by atomic mass is 32.1. The molecule has 0 spiro atoms. The van der Waals surface area contributed by atoms with E-state index in [1.54, 1.807) is 11.0 Å². The fourth-order valence-corrected chi connectivity index (χ4v) is 6.44. The number of nitrogens with zero attached hydrogens (tertiary/aromatic N) is 5. The maximum atomic E-state index is 13.2. The van der Waals surface area contributed by atoms with Gasteiger partial charge in [0.15, 0.2) is 17.1 Å². The van der Waals surface area contributed by atoms with Gasteiger partial charge in [-0.15, -0.1) is 11.3 Å². The molecule has 1 atom stereocenters. The number of hydrogen-bond acceptors (Lipinski definition) is 9. The molecule has 0 bridgehead atoms. The van der Waals surface area contributed by atoms with Crippen molar-refractivity contribution in [2.24, 2.45) is 0 Å². The third-order valence-electron chi connectivity index (χ3n) is 7.42. The standard InChI is InChI=1S/C29H25N7O4S/c1-2-22(37)35-11-5-7-17(13-35)36-28-23(27(30)31-14-32-28)24(34-36)18-9-10-19(26-25(18)39-15-40-26)33-29(38)21-12-16-6-3-4-8-20(16)41-21/h2-4,6,8-10,12,14,17H,1,5,7,11,13,15H2,(H,33,38)(H2,30,31,32)/t17-/m1/s1. The third-order valence-corrected chi connectivity index (χ3v) is 8.53. The molecule has 2 aliphatic rings. The highest BCUT2D eigenvalue weighted by molar-refractivity contribution is 7.20. The Hall–Kier alpha value is -4.97. The van der Waals surface area contributed by atoms with Crippen molar-refractivity contribution in [2.45, 2.75) is 18.9 Å². The summed E-state index contributed by atoms with van der Waals surface area (Å²) in [4.78, 5) is 36.6. The molecule has 2 aromatic carbocycles. The molecular weight excluding hydrogens is 542 g/mol. The molecule has 1 fully saturated rings. The van der Waals surface area contributed by atoms with Gasteiger partial charge in [-0.1, -0.05) is 24.8 Å². The summed E-state index contributed by atoms with van der Waals surface area (Å²) in [6.07, 6.45) is 4.38. The Kier molecular flexibility index (Phi) is 6.04. The number of thiophene rings is 1. The second-order valence-corrected chi connectivity index (χ2v) is 10.9. The number of hydrogen-bond donors (Lipinski definition) is 2. The summed E-state index contributed by atoms with van der Waals surface area (Å²) in [5.41, 5.74) is 8.59. The molecule has 1 saturated heterocycles. The Labute approximate surface area is 238 Å². The average molecular weight is 568 g/mol. The lowest BCUT2D eigenvalue weighted by molar-refractivity contribution is -0.127. The van der Waals surface area contributed by atoms with E-state index in [4.69, 9.17) is 20.3 Å². The number of nitrogen functional groups attached to an aromatic ring is 1. The van der Waals surface area contributed by atoms with Crippen molar-refractivity contribution in [1.29, 1.82) is 0 Å². The van der Waals surface area contributed by atoms with Gasteiger partial charge < -0.3 is 25.4 Å². The topological polar surface area (TPSA) is 137 Å². The van der Waals surface area contributed by atoms with E-state index in [1.165, 1.54) is 23.7 Å². The number of likely N-dealkylation sites (tertiary alicyclic amines) is 1. The molecule has 0 aliphatic carbocycles. The van der Waals surface area contributed by atoms with Gasteiger partial charge in [0.1, 0.15) is 17.8 Å². The Morgan fingerprint density at radius 2 is 2.00 bits per heavy atom. The van der Waals surface area contributed by atoms with Crippen LogP contribution in [0.4, 0.5) is 11.5 Å². The molecular formula is C29H25N7O4S. The minimum atomic E-state index is -0.236. The molecule has 3 aromatic heterocycles. The molecule has 11 nitrogen and oxygen atoms in total. The van der Waals surface area contributed by atoms with Crippen LogP contribution in [0.1, 0.15) is 28.6 Å². The number of benzene rings is 2. The summed E-state index contributed by atoms with van der Waals surface area (Å²) in [7, 11) is 0. The molecule has 0 unspecified atom stereocenters. The second-order valence-electron chi connectivity index (χ2n) is 9.86. The van der Waals surface area contributed by atoms with Gasteiger partial charge in [0, 0.05) is 23.4 Å². The summed E-state index contributed by atoms with van der Waals surface area (Å²) in [6, 6.07) is 13.2. The average Bonchev–Trinajstić information content (AvgIpc) is 3.75. The van der Waals surface area contributed by atoms with Gasteiger partial charge in [0.2, 0.25) is 12.7 Å². The maximum absolute atomic E-state index is 13.2. The lowest BCUT2D eigenvalue weighted by atomic mass is 10.1. The van der Waals surface area contributed by atoms with Crippen LogP contribution in [-0.2, 0) is 4.79 Å². The highest BCUT2D eigenvalue weighted by Crippen LogP contribution is 2.48. The number of ether oxygens (including phenoxy) is 2. The van der Waals surface area contributed by atoms with Gasteiger partial charge in [-0.2, -0.15) is 5.10 Å². The Morgan fingerprint density at radius 1 is 1.15 bits per heavy atom. The van der Waals surface area contributed by atoms with Crippen LogP contribution >= 0.6 is 11.3 Å². The van der Waals surface area contributed by atoms with E-state index in [1.807, 2.05) is 41.1 Å². The van der Waals surface area contributed by atoms with Gasteiger partial charge in [-0.3, -0.25) is 9.59 Å². The Balaban J connectivity index is 1.27. The number of nitrogens with two attached hydrogens (primary N) is 1. The lowest BCUT2D eigenvalue weighted by Crippen LogP contribution is -2.40. The number of amides is 2. The number of fused-ring (bicyclic) bond motifs is 3. The van der Waals surface area contributed by atoms with Crippen LogP contribution in [0, 0.1) is 0 Å². The SMILES string of the molecule is C=CC(=O)N1CCC[C@@H](n2nc(-c3ccc(NC(=O)c4cc5ccccc5s4)c4c3OCO4)c3c(N)ncnc32)C1. The van der Waals surface area contributed by atoms with E-state index >= 15 is 0 Å². The first-order chi connectivity index (χ1) is 20.0. The van der Waals surface area contributed by atoms with Crippen molar-refractivity contribution in [3.8, 4) is 22.8 Å². The smallest absolute Gasteiger partial charge is 0.265 e. The van der Waals surface area contributed by atoms with Gasteiger partial charge in [0.05, 0.1) is 22.0 Å². The minimum Gasteiger partial charge on any atom is -0.453 e. The number of nitrogens with one attached hydrogen (secondary N) is 1. The van der Waals surface area contributed by atoms with Gasteiger partial charge >= 0.3 is 0 Å². The van der Waals surface area contributed by atoms with Crippen molar-refractivity contribution < 1.29 is 19.1 Å². The van der Waals surface area contributed by atoms with Gasteiger partial charge in [-0.05, 0) is 48.6 Å². The molecule has 5 aromatic rings. The molecule has 12 heteroatoms.